The van der Waals surface area contributed by atoms with Crippen LogP contribution in [0.2, 0.25) is 0 Å². The molecule has 24 heavy (non-hydrogen) atoms. The monoisotopic (exact) mass is 325 g/mol. The summed E-state index contributed by atoms with van der Waals surface area (Å²) in [6.45, 7) is 2.92. The van der Waals surface area contributed by atoms with Crippen molar-refractivity contribution >= 4 is 17.6 Å². The molecule has 0 atom stereocenters. The smallest absolute Gasteiger partial charge is 0.243 e. The minimum Gasteiger partial charge on any atom is -0.352 e. The number of guanidine groups is 1. The number of pyridine rings is 1. The van der Waals surface area contributed by atoms with Gasteiger partial charge in [0.25, 0.3) is 0 Å². The molecule has 2 aromatic rings. The molecule has 0 saturated carbocycles. The highest BCUT2D eigenvalue weighted by Crippen LogP contribution is 2.08. The number of rotatable bonds is 6. The lowest BCUT2D eigenvalue weighted by atomic mass is 10.1. The maximum atomic E-state index is 11.9. The number of nitrogens with one attached hydrogen (secondary N) is 3. The normalized spacial score (nSPS) is 11.0. The molecule has 0 bridgehead atoms. The highest BCUT2D eigenvalue weighted by Gasteiger charge is 2.05. The Morgan fingerprint density at radius 3 is 2.58 bits per heavy atom. The first-order valence-electron chi connectivity index (χ1n) is 7.94. The molecule has 3 N–H and O–H groups in total. The largest absolute Gasteiger partial charge is 0.352 e. The van der Waals surface area contributed by atoms with E-state index >= 15 is 0 Å². The number of aliphatic imine (C=N–C) groups is 1. The first-order chi connectivity index (χ1) is 11.7. The van der Waals surface area contributed by atoms with Crippen molar-refractivity contribution in [1.82, 2.24) is 15.6 Å². The van der Waals surface area contributed by atoms with E-state index in [1.54, 1.807) is 31.6 Å². The van der Waals surface area contributed by atoms with Crippen LogP contribution in [0.15, 0.2) is 53.8 Å². The standard InChI is InChI=1S/C18H23N5O/c1-3-14-7-4-5-8-15(14)11-21-18(19-2)22-13-17(24)23-16-9-6-10-20-12-16/h4-10,12H,3,11,13H2,1-2H3,(H,23,24)(H2,19,21,22). The Morgan fingerprint density at radius 2 is 1.92 bits per heavy atom. The third-order valence-electron chi connectivity index (χ3n) is 3.53. The summed E-state index contributed by atoms with van der Waals surface area (Å²) in [7, 11) is 1.68. The molecule has 1 amide bonds. The molecule has 6 nitrogen and oxygen atoms in total. The number of anilines is 1. The van der Waals surface area contributed by atoms with Crippen molar-refractivity contribution in [2.75, 3.05) is 18.9 Å². The second-order valence-corrected chi connectivity index (χ2v) is 5.19. The van der Waals surface area contributed by atoms with Crippen molar-refractivity contribution in [3.8, 4) is 0 Å². The van der Waals surface area contributed by atoms with Crippen LogP contribution in [0.25, 0.3) is 0 Å². The van der Waals surface area contributed by atoms with Gasteiger partial charge < -0.3 is 16.0 Å². The molecule has 0 aliphatic heterocycles. The summed E-state index contributed by atoms with van der Waals surface area (Å²) in [5.74, 6) is 0.433. The SMILES string of the molecule is CCc1ccccc1CNC(=NC)NCC(=O)Nc1cccnc1. The third kappa shape index (κ3) is 5.39. The number of hydrogen-bond acceptors (Lipinski definition) is 3. The second kappa shape index (κ2) is 9.29. The van der Waals surface area contributed by atoms with Gasteiger partial charge >= 0.3 is 0 Å². The fourth-order valence-electron chi connectivity index (χ4n) is 2.28. The maximum Gasteiger partial charge on any atom is 0.243 e. The molecule has 0 aliphatic rings. The number of amides is 1. The Morgan fingerprint density at radius 1 is 1.12 bits per heavy atom. The fraction of sp³-hybridized carbons (Fsp3) is 0.278. The molecule has 0 unspecified atom stereocenters. The Balaban J connectivity index is 1.81. The Bertz CT molecular complexity index is 685. The number of aromatic nitrogens is 1. The Labute approximate surface area is 142 Å². The van der Waals surface area contributed by atoms with E-state index < -0.39 is 0 Å². The molecule has 2 rings (SSSR count). The van der Waals surface area contributed by atoms with E-state index in [9.17, 15) is 4.79 Å². The molecular weight excluding hydrogens is 302 g/mol. The molecule has 0 spiro atoms. The van der Waals surface area contributed by atoms with E-state index in [1.807, 2.05) is 12.1 Å². The molecule has 0 aliphatic carbocycles. The minimum absolute atomic E-state index is 0.129. The van der Waals surface area contributed by atoms with Gasteiger partial charge in [0.1, 0.15) is 0 Å². The van der Waals surface area contributed by atoms with Crippen molar-refractivity contribution in [2.24, 2.45) is 4.99 Å². The first-order valence-corrected chi connectivity index (χ1v) is 7.94. The van der Waals surface area contributed by atoms with Crippen LogP contribution in [0.5, 0.6) is 0 Å². The zero-order chi connectivity index (χ0) is 17.2. The van der Waals surface area contributed by atoms with Crippen molar-refractivity contribution in [3.05, 3.63) is 59.9 Å². The number of benzene rings is 1. The molecule has 0 fully saturated rings. The topological polar surface area (TPSA) is 78.4 Å². The number of aryl methyl sites for hydroxylation is 1. The van der Waals surface area contributed by atoms with Crippen LogP contribution in [0.1, 0.15) is 18.1 Å². The average molecular weight is 325 g/mol. The van der Waals surface area contributed by atoms with Gasteiger partial charge in [-0.05, 0) is 29.7 Å². The zero-order valence-electron chi connectivity index (χ0n) is 14.0. The average Bonchev–Trinajstić information content (AvgIpc) is 2.63. The minimum atomic E-state index is -0.153. The van der Waals surface area contributed by atoms with Crippen LogP contribution in [-0.4, -0.2) is 30.4 Å². The number of carbonyl (C=O) groups is 1. The molecule has 1 heterocycles. The van der Waals surface area contributed by atoms with Crippen LogP contribution in [0.4, 0.5) is 5.69 Å². The van der Waals surface area contributed by atoms with Gasteiger partial charge in [0, 0.05) is 19.8 Å². The maximum absolute atomic E-state index is 11.9. The number of hydrogen-bond donors (Lipinski definition) is 3. The molecule has 6 heteroatoms. The summed E-state index contributed by atoms with van der Waals surface area (Å²) in [6.07, 6.45) is 4.25. The summed E-state index contributed by atoms with van der Waals surface area (Å²) >= 11 is 0. The predicted octanol–water partition coefficient (Wildman–Crippen LogP) is 1.95. The van der Waals surface area contributed by atoms with E-state index in [4.69, 9.17) is 0 Å². The van der Waals surface area contributed by atoms with Crippen LogP contribution in [-0.2, 0) is 17.8 Å². The fourth-order valence-corrected chi connectivity index (χ4v) is 2.28. The summed E-state index contributed by atoms with van der Waals surface area (Å²) in [5, 5.41) is 9.00. The summed E-state index contributed by atoms with van der Waals surface area (Å²) in [4.78, 5) is 20.0. The molecule has 126 valence electrons. The van der Waals surface area contributed by atoms with E-state index in [2.05, 4.69) is 45.0 Å². The zero-order valence-corrected chi connectivity index (χ0v) is 14.0. The van der Waals surface area contributed by atoms with Gasteiger partial charge in [-0.15, -0.1) is 0 Å². The summed E-state index contributed by atoms with van der Waals surface area (Å²) in [5.41, 5.74) is 3.20. The quantitative estimate of drug-likeness (QED) is 0.560. The highest BCUT2D eigenvalue weighted by atomic mass is 16.1. The van der Waals surface area contributed by atoms with Gasteiger partial charge in [-0.25, -0.2) is 0 Å². The highest BCUT2D eigenvalue weighted by molar-refractivity contribution is 5.94. The van der Waals surface area contributed by atoms with E-state index in [0.717, 1.165) is 6.42 Å². The number of nitrogens with zero attached hydrogens (tertiary/aromatic N) is 2. The van der Waals surface area contributed by atoms with Gasteiger partial charge in [0.15, 0.2) is 5.96 Å². The summed E-state index contributed by atoms with van der Waals surface area (Å²) < 4.78 is 0. The molecule has 1 aromatic carbocycles. The van der Waals surface area contributed by atoms with Crippen LogP contribution >= 0.6 is 0 Å². The van der Waals surface area contributed by atoms with Gasteiger partial charge in [-0.3, -0.25) is 14.8 Å². The van der Waals surface area contributed by atoms with Crippen molar-refractivity contribution in [3.63, 3.8) is 0 Å². The first kappa shape index (κ1) is 17.5. The third-order valence-corrected chi connectivity index (χ3v) is 3.53. The Hall–Kier alpha value is -2.89. The van der Waals surface area contributed by atoms with Crippen molar-refractivity contribution in [1.29, 1.82) is 0 Å². The molecule has 0 saturated heterocycles. The van der Waals surface area contributed by atoms with Gasteiger partial charge in [-0.2, -0.15) is 0 Å². The van der Waals surface area contributed by atoms with Gasteiger partial charge in [0.2, 0.25) is 5.91 Å². The predicted molar refractivity (Wildman–Crippen MR) is 96.9 cm³/mol. The second-order valence-electron chi connectivity index (χ2n) is 5.19. The molecule has 1 aromatic heterocycles. The van der Waals surface area contributed by atoms with Crippen LogP contribution in [0, 0.1) is 0 Å². The van der Waals surface area contributed by atoms with E-state index in [0.29, 0.717) is 18.2 Å². The molecular formula is C18H23N5O. The van der Waals surface area contributed by atoms with Crippen molar-refractivity contribution < 1.29 is 4.79 Å². The van der Waals surface area contributed by atoms with Gasteiger partial charge in [0.05, 0.1) is 18.4 Å². The lowest BCUT2D eigenvalue weighted by Crippen LogP contribution is -2.41. The van der Waals surface area contributed by atoms with Gasteiger partial charge in [-0.1, -0.05) is 31.2 Å². The number of carbonyl (C=O) groups excluding carboxylic acids is 1. The summed E-state index contributed by atoms with van der Waals surface area (Å²) in [6, 6.07) is 11.8. The van der Waals surface area contributed by atoms with Crippen LogP contribution in [0.3, 0.4) is 0 Å². The Kier molecular flexibility index (Phi) is 6.76. The molecule has 0 radical (unpaired) electrons. The van der Waals surface area contributed by atoms with Crippen LogP contribution < -0.4 is 16.0 Å². The lowest BCUT2D eigenvalue weighted by Gasteiger charge is -2.13. The lowest BCUT2D eigenvalue weighted by molar-refractivity contribution is -0.115. The van der Waals surface area contributed by atoms with E-state index in [-0.39, 0.29) is 12.5 Å². The van der Waals surface area contributed by atoms with Crippen molar-refractivity contribution in [2.45, 2.75) is 19.9 Å². The van der Waals surface area contributed by atoms with E-state index in [1.165, 1.54) is 11.1 Å².